The van der Waals surface area contributed by atoms with E-state index in [0.717, 1.165) is 16.5 Å². The monoisotopic (exact) mass is 200 g/mol. The summed E-state index contributed by atoms with van der Waals surface area (Å²) in [5.74, 6) is 0. The van der Waals surface area contributed by atoms with Gasteiger partial charge in [0, 0.05) is 7.11 Å². The van der Waals surface area contributed by atoms with E-state index in [1.807, 2.05) is 24.3 Å². The third-order valence-corrected chi connectivity index (χ3v) is 3.14. The molecule has 2 nitrogen and oxygen atoms in total. The van der Waals surface area contributed by atoms with E-state index in [2.05, 4.69) is 12.1 Å². The average molecular weight is 200 g/mol. The number of hydrogen-bond donors (Lipinski definition) is 1. The van der Waals surface area contributed by atoms with Crippen LogP contribution < -0.4 is 0 Å². The maximum atomic E-state index is 10.1. The quantitative estimate of drug-likeness (QED) is 0.766. The van der Waals surface area contributed by atoms with E-state index in [9.17, 15) is 5.11 Å². The Morgan fingerprint density at radius 3 is 2.40 bits per heavy atom. The van der Waals surface area contributed by atoms with Gasteiger partial charge in [0.2, 0.25) is 0 Å². The molecule has 0 aromatic heterocycles. The van der Waals surface area contributed by atoms with Crippen molar-refractivity contribution in [2.45, 2.75) is 12.2 Å². The summed E-state index contributed by atoms with van der Waals surface area (Å²) in [5, 5.41) is 12.4. The average Bonchev–Trinajstić information content (AvgIpc) is 2.55. The summed E-state index contributed by atoms with van der Waals surface area (Å²) in [4.78, 5) is 0. The molecule has 2 atom stereocenters. The number of ether oxygens (including phenoxy) is 1. The van der Waals surface area contributed by atoms with Crippen molar-refractivity contribution in [1.29, 1.82) is 0 Å². The van der Waals surface area contributed by atoms with Crippen LogP contribution in [0.1, 0.15) is 23.3 Å². The van der Waals surface area contributed by atoms with Crippen molar-refractivity contribution in [1.82, 2.24) is 0 Å². The second kappa shape index (κ2) is 3.05. The molecule has 0 radical (unpaired) electrons. The fraction of sp³-hybridized carbons (Fsp3) is 0.231. The topological polar surface area (TPSA) is 29.5 Å². The fourth-order valence-electron chi connectivity index (χ4n) is 2.47. The van der Waals surface area contributed by atoms with Crippen molar-refractivity contribution < 1.29 is 9.84 Å². The van der Waals surface area contributed by atoms with E-state index in [1.54, 1.807) is 7.11 Å². The molecule has 0 aliphatic heterocycles. The van der Waals surface area contributed by atoms with Crippen molar-refractivity contribution in [3.8, 4) is 0 Å². The number of aliphatic hydroxyl groups is 1. The van der Waals surface area contributed by atoms with Crippen LogP contribution in [0.15, 0.2) is 36.4 Å². The summed E-state index contributed by atoms with van der Waals surface area (Å²) in [7, 11) is 1.64. The number of benzene rings is 2. The van der Waals surface area contributed by atoms with Crippen LogP contribution in [0.25, 0.3) is 10.8 Å². The predicted octanol–water partition coefficient (Wildman–Crippen LogP) is 2.57. The van der Waals surface area contributed by atoms with E-state index in [0.29, 0.717) is 0 Å². The third-order valence-electron chi connectivity index (χ3n) is 3.14. The summed E-state index contributed by atoms with van der Waals surface area (Å²) in [5.41, 5.74) is 2.08. The molecule has 2 heteroatoms. The lowest BCUT2D eigenvalue weighted by atomic mass is 10.1. The first-order valence-electron chi connectivity index (χ1n) is 5.05. The normalized spacial score (nSPS) is 23.6. The van der Waals surface area contributed by atoms with Crippen LogP contribution in [0.3, 0.4) is 0 Å². The first-order chi connectivity index (χ1) is 7.33. The molecule has 15 heavy (non-hydrogen) atoms. The summed E-state index contributed by atoms with van der Waals surface area (Å²) < 4.78 is 5.35. The Hall–Kier alpha value is -1.38. The van der Waals surface area contributed by atoms with Gasteiger partial charge in [-0.25, -0.2) is 0 Å². The first-order valence-corrected chi connectivity index (χ1v) is 5.05. The first kappa shape index (κ1) is 8.89. The van der Waals surface area contributed by atoms with E-state index in [-0.39, 0.29) is 6.10 Å². The molecule has 0 saturated carbocycles. The highest BCUT2D eigenvalue weighted by atomic mass is 16.5. The van der Waals surface area contributed by atoms with Crippen molar-refractivity contribution in [3.63, 3.8) is 0 Å². The van der Waals surface area contributed by atoms with Gasteiger partial charge in [-0.2, -0.15) is 0 Å². The number of aliphatic hydroxyl groups excluding tert-OH is 1. The number of rotatable bonds is 1. The lowest BCUT2D eigenvalue weighted by molar-refractivity contribution is -0.00773. The number of methoxy groups -OCH3 is 1. The van der Waals surface area contributed by atoms with Crippen LogP contribution in [0.5, 0.6) is 0 Å². The minimum absolute atomic E-state index is 0.217. The molecule has 0 saturated heterocycles. The fourth-order valence-corrected chi connectivity index (χ4v) is 2.47. The highest BCUT2D eigenvalue weighted by Gasteiger charge is 2.32. The van der Waals surface area contributed by atoms with Gasteiger partial charge in [0.05, 0.1) is 0 Å². The summed E-state index contributed by atoms with van der Waals surface area (Å²) in [6.07, 6.45) is -0.748. The molecular weight excluding hydrogens is 188 g/mol. The van der Waals surface area contributed by atoms with Crippen LogP contribution in [0, 0.1) is 0 Å². The van der Waals surface area contributed by atoms with Crippen LogP contribution in [-0.2, 0) is 4.74 Å². The van der Waals surface area contributed by atoms with Crippen LogP contribution in [0.2, 0.25) is 0 Å². The lowest BCUT2D eigenvalue weighted by Gasteiger charge is -2.14. The Bertz CT molecular complexity index is 514. The van der Waals surface area contributed by atoms with Crippen LogP contribution >= 0.6 is 0 Å². The van der Waals surface area contributed by atoms with Gasteiger partial charge < -0.3 is 9.84 Å². The molecule has 0 heterocycles. The molecule has 0 amide bonds. The maximum absolute atomic E-state index is 10.1. The van der Waals surface area contributed by atoms with Crippen molar-refractivity contribution in [2.24, 2.45) is 0 Å². The number of hydrogen-bond acceptors (Lipinski definition) is 2. The highest BCUT2D eigenvalue weighted by Crippen LogP contribution is 2.45. The zero-order valence-corrected chi connectivity index (χ0v) is 8.47. The van der Waals surface area contributed by atoms with E-state index in [1.165, 1.54) is 5.39 Å². The second-order valence-corrected chi connectivity index (χ2v) is 3.89. The molecule has 0 fully saturated rings. The largest absolute Gasteiger partial charge is 0.385 e. The molecule has 1 aliphatic carbocycles. The summed E-state index contributed by atoms with van der Waals surface area (Å²) in [6.45, 7) is 0. The van der Waals surface area contributed by atoms with Crippen molar-refractivity contribution in [3.05, 3.63) is 47.5 Å². The highest BCUT2D eigenvalue weighted by molar-refractivity contribution is 5.91. The van der Waals surface area contributed by atoms with Crippen molar-refractivity contribution >= 4 is 10.8 Å². The SMILES string of the molecule is CO[C@H]1c2cccc3cccc(c23)[C@@H]1O. The standard InChI is InChI=1S/C13H12O2/c1-15-13-10-7-3-5-8-4-2-6-9(11(8)10)12(13)14/h2-7,12-14H,1H3/t12-,13-/m0/s1. The van der Waals surface area contributed by atoms with E-state index >= 15 is 0 Å². The second-order valence-electron chi connectivity index (χ2n) is 3.89. The molecule has 3 rings (SSSR count). The zero-order chi connectivity index (χ0) is 10.4. The Morgan fingerprint density at radius 1 is 1.07 bits per heavy atom. The van der Waals surface area contributed by atoms with Gasteiger partial charge >= 0.3 is 0 Å². The zero-order valence-electron chi connectivity index (χ0n) is 8.47. The lowest BCUT2D eigenvalue weighted by Crippen LogP contribution is -2.06. The van der Waals surface area contributed by atoms with Gasteiger partial charge in [0.15, 0.2) is 0 Å². The maximum Gasteiger partial charge on any atom is 0.113 e. The molecule has 0 bridgehead atoms. The van der Waals surface area contributed by atoms with Gasteiger partial charge in [0.1, 0.15) is 12.2 Å². The van der Waals surface area contributed by atoms with Crippen molar-refractivity contribution in [2.75, 3.05) is 7.11 Å². The minimum Gasteiger partial charge on any atom is -0.385 e. The predicted molar refractivity (Wildman–Crippen MR) is 58.7 cm³/mol. The Kier molecular flexibility index (Phi) is 1.81. The Balaban J connectivity index is 2.40. The van der Waals surface area contributed by atoms with Gasteiger partial charge in [-0.1, -0.05) is 36.4 Å². The molecule has 2 aromatic rings. The van der Waals surface area contributed by atoms with Gasteiger partial charge in [-0.3, -0.25) is 0 Å². The molecule has 76 valence electrons. The molecule has 1 N–H and O–H groups in total. The Morgan fingerprint density at radius 2 is 1.73 bits per heavy atom. The molecular formula is C13H12O2. The van der Waals surface area contributed by atoms with Crippen LogP contribution in [0.4, 0.5) is 0 Å². The molecule has 0 unspecified atom stereocenters. The van der Waals surface area contributed by atoms with Gasteiger partial charge in [-0.15, -0.1) is 0 Å². The van der Waals surface area contributed by atoms with E-state index < -0.39 is 6.10 Å². The molecule has 2 aromatic carbocycles. The smallest absolute Gasteiger partial charge is 0.113 e. The summed E-state index contributed by atoms with van der Waals surface area (Å²) in [6, 6.07) is 12.1. The van der Waals surface area contributed by atoms with Gasteiger partial charge in [-0.05, 0) is 21.9 Å². The third kappa shape index (κ3) is 1.06. The minimum atomic E-state index is -0.531. The van der Waals surface area contributed by atoms with E-state index in [4.69, 9.17) is 4.74 Å². The summed E-state index contributed by atoms with van der Waals surface area (Å²) >= 11 is 0. The van der Waals surface area contributed by atoms with Crippen LogP contribution in [-0.4, -0.2) is 12.2 Å². The molecule has 1 aliphatic rings. The van der Waals surface area contributed by atoms with Gasteiger partial charge in [0.25, 0.3) is 0 Å². The molecule has 0 spiro atoms. The Labute approximate surface area is 88.1 Å².